The summed E-state index contributed by atoms with van der Waals surface area (Å²) in [6.45, 7) is 3.63. The summed E-state index contributed by atoms with van der Waals surface area (Å²) < 4.78 is 1.55. The van der Waals surface area contributed by atoms with Gasteiger partial charge in [-0.1, -0.05) is 16.8 Å². The maximum atomic E-state index is 10.9. The maximum Gasteiger partial charge on any atom is 0.309 e. The standard InChI is InChI=1S/C12H12ClN3O2/c1-7-5-9(13)3-4-10(7)16-11(6-12(17)18)8(2)14-15-16/h3-5H,6H2,1-2H3,(H,17,18). The van der Waals surface area contributed by atoms with Gasteiger partial charge in [-0.05, 0) is 37.6 Å². The molecule has 0 fully saturated rings. The van der Waals surface area contributed by atoms with Crippen LogP contribution >= 0.6 is 11.6 Å². The molecule has 0 radical (unpaired) electrons. The van der Waals surface area contributed by atoms with E-state index < -0.39 is 5.97 Å². The minimum absolute atomic E-state index is 0.110. The zero-order valence-corrected chi connectivity index (χ0v) is 10.8. The summed E-state index contributed by atoms with van der Waals surface area (Å²) in [5, 5.41) is 17.5. The average Bonchev–Trinajstić information content (AvgIpc) is 2.60. The largest absolute Gasteiger partial charge is 0.481 e. The molecule has 0 aliphatic rings. The molecule has 1 heterocycles. The zero-order chi connectivity index (χ0) is 13.3. The number of rotatable bonds is 3. The number of carboxylic acids is 1. The number of benzene rings is 1. The van der Waals surface area contributed by atoms with Crippen molar-refractivity contribution in [3.63, 3.8) is 0 Å². The molecule has 2 rings (SSSR count). The quantitative estimate of drug-likeness (QED) is 0.923. The number of hydrogen-bond acceptors (Lipinski definition) is 3. The molecule has 0 bridgehead atoms. The molecule has 0 aliphatic carbocycles. The Hall–Kier alpha value is -1.88. The van der Waals surface area contributed by atoms with E-state index in [-0.39, 0.29) is 6.42 Å². The molecule has 1 N–H and O–H groups in total. The number of carboxylic acid groups (broad SMARTS) is 1. The third-order valence-corrected chi connectivity index (χ3v) is 2.90. The summed E-state index contributed by atoms with van der Waals surface area (Å²) >= 11 is 5.89. The van der Waals surface area contributed by atoms with Crippen molar-refractivity contribution in [3.05, 3.63) is 40.2 Å². The number of hydrogen-bond donors (Lipinski definition) is 1. The smallest absolute Gasteiger partial charge is 0.309 e. The van der Waals surface area contributed by atoms with Crippen LogP contribution in [0.3, 0.4) is 0 Å². The first-order valence-corrected chi connectivity index (χ1v) is 5.76. The van der Waals surface area contributed by atoms with E-state index in [0.717, 1.165) is 11.3 Å². The number of aryl methyl sites for hydroxylation is 2. The summed E-state index contributed by atoms with van der Waals surface area (Å²) in [6, 6.07) is 5.35. The Labute approximate surface area is 109 Å². The van der Waals surface area contributed by atoms with Crippen molar-refractivity contribution >= 4 is 17.6 Å². The topological polar surface area (TPSA) is 68.0 Å². The number of carbonyl (C=O) groups is 1. The molecule has 0 atom stereocenters. The lowest BCUT2D eigenvalue weighted by Crippen LogP contribution is -2.10. The van der Waals surface area contributed by atoms with Crippen LogP contribution < -0.4 is 0 Å². The fourth-order valence-electron chi connectivity index (χ4n) is 1.77. The van der Waals surface area contributed by atoms with Gasteiger partial charge in [-0.25, -0.2) is 4.68 Å². The number of halogens is 1. The molecule has 94 valence electrons. The zero-order valence-electron chi connectivity index (χ0n) is 10.0. The van der Waals surface area contributed by atoms with Crippen molar-refractivity contribution in [2.24, 2.45) is 0 Å². The molecule has 0 saturated carbocycles. The van der Waals surface area contributed by atoms with Crippen LogP contribution in [0.1, 0.15) is 17.0 Å². The van der Waals surface area contributed by atoms with Gasteiger partial charge in [0.05, 0.1) is 23.5 Å². The molecular formula is C12H12ClN3O2. The van der Waals surface area contributed by atoms with Crippen molar-refractivity contribution in [3.8, 4) is 5.69 Å². The molecular weight excluding hydrogens is 254 g/mol. The van der Waals surface area contributed by atoms with Crippen LogP contribution in [0.15, 0.2) is 18.2 Å². The number of aliphatic carboxylic acids is 1. The summed E-state index contributed by atoms with van der Waals surface area (Å²) in [4.78, 5) is 10.9. The lowest BCUT2D eigenvalue weighted by molar-refractivity contribution is -0.136. The van der Waals surface area contributed by atoms with Gasteiger partial charge in [0.15, 0.2) is 0 Å². The first-order valence-electron chi connectivity index (χ1n) is 5.38. The van der Waals surface area contributed by atoms with Gasteiger partial charge >= 0.3 is 5.97 Å². The maximum absolute atomic E-state index is 10.9. The van der Waals surface area contributed by atoms with Crippen LogP contribution in [0.2, 0.25) is 5.02 Å². The highest BCUT2D eigenvalue weighted by atomic mass is 35.5. The fourth-order valence-corrected chi connectivity index (χ4v) is 2.00. The average molecular weight is 266 g/mol. The third-order valence-electron chi connectivity index (χ3n) is 2.66. The monoisotopic (exact) mass is 265 g/mol. The van der Waals surface area contributed by atoms with Crippen LogP contribution in [-0.2, 0) is 11.2 Å². The van der Waals surface area contributed by atoms with Crippen LogP contribution in [0.25, 0.3) is 5.69 Å². The third kappa shape index (κ3) is 2.36. The van der Waals surface area contributed by atoms with E-state index in [1.807, 2.05) is 6.92 Å². The van der Waals surface area contributed by atoms with Gasteiger partial charge < -0.3 is 5.11 Å². The molecule has 0 spiro atoms. The van der Waals surface area contributed by atoms with Crippen LogP contribution in [0.4, 0.5) is 0 Å². The molecule has 0 amide bonds. The summed E-state index contributed by atoms with van der Waals surface area (Å²) in [5.41, 5.74) is 2.90. The van der Waals surface area contributed by atoms with E-state index in [4.69, 9.17) is 16.7 Å². The minimum Gasteiger partial charge on any atom is -0.481 e. The highest BCUT2D eigenvalue weighted by molar-refractivity contribution is 6.30. The second-order valence-corrected chi connectivity index (χ2v) is 4.47. The molecule has 2 aromatic rings. The van der Waals surface area contributed by atoms with Gasteiger partial charge in [-0.15, -0.1) is 5.10 Å². The van der Waals surface area contributed by atoms with Crippen molar-refractivity contribution in [1.82, 2.24) is 15.0 Å². The summed E-state index contributed by atoms with van der Waals surface area (Å²) in [6.07, 6.45) is -0.110. The highest BCUT2D eigenvalue weighted by Crippen LogP contribution is 2.20. The van der Waals surface area contributed by atoms with Crippen molar-refractivity contribution < 1.29 is 9.90 Å². The van der Waals surface area contributed by atoms with Crippen LogP contribution in [-0.4, -0.2) is 26.1 Å². The number of aromatic nitrogens is 3. The van der Waals surface area contributed by atoms with E-state index in [0.29, 0.717) is 16.4 Å². The van der Waals surface area contributed by atoms with Crippen LogP contribution in [0, 0.1) is 13.8 Å². The molecule has 0 saturated heterocycles. The predicted molar refractivity (Wildman–Crippen MR) is 67.2 cm³/mol. The SMILES string of the molecule is Cc1cc(Cl)ccc1-n1nnc(C)c1CC(=O)O. The van der Waals surface area contributed by atoms with Gasteiger partial charge in [0.25, 0.3) is 0 Å². The van der Waals surface area contributed by atoms with Crippen molar-refractivity contribution in [2.75, 3.05) is 0 Å². The normalized spacial score (nSPS) is 10.6. The Morgan fingerprint density at radius 3 is 2.78 bits per heavy atom. The molecule has 5 nitrogen and oxygen atoms in total. The van der Waals surface area contributed by atoms with E-state index in [2.05, 4.69) is 10.3 Å². The molecule has 1 aromatic heterocycles. The van der Waals surface area contributed by atoms with Gasteiger partial charge in [0, 0.05) is 5.02 Å². The lowest BCUT2D eigenvalue weighted by atomic mass is 10.2. The number of nitrogens with zero attached hydrogens (tertiary/aromatic N) is 3. The van der Waals surface area contributed by atoms with Crippen molar-refractivity contribution in [2.45, 2.75) is 20.3 Å². The predicted octanol–water partition coefficient (Wildman–Crippen LogP) is 2.16. The Balaban J connectivity index is 2.53. The molecule has 0 aliphatic heterocycles. The molecule has 1 aromatic carbocycles. The summed E-state index contributed by atoms with van der Waals surface area (Å²) in [7, 11) is 0. The molecule has 18 heavy (non-hydrogen) atoms. The molecule has 6 heteroatoms. The van der Waals surface area contributed by atoms with Crippen molar-refractivity contribution in [1.29, 1.82) is 0 Å². The fraction of sp³-hybridized carbons (Fsp3) is 0.250. The highest BCUT2D eigenvalue weighted by Gasteiger charge is 2.15. The van der Waals surface area contributed by atoms with Crippen LogP contribution in [0.5, 0.6) is 0 Å². The second kappa shape index (κ2) is 4.78. The van der Waals surface area contributed by atoms with Gasteiger partial charge in [0.1, 0.15) is 0 Å². The Kier molecular flexibility index (Phi) is 3.34. The first-order chi connectivity index (χ1) is 8.49. The van der Waals surface area contributed by atoms with E-state index in [1.165, 1.54) is 0 Å². The Bertz CT molecular complexity index is 607. The Morgan fingerprint density at radius 1 is 1.44 bits per heavy atom. The van der Waals surface area contributed by atoms with Gasteiger partial charge in [-0.3, -0.25) is 4.79 Å². The summed E-state index contributed by atoms with van der Waals surface area (Å²) in [5.74, 6) is -0.909. The van der Waals surface area contributed by atoms with Gasteiger partial charge in [0.2, 0.25) is 0 Å². The van der Waals surface area contributed by atoms with E-state index in [1.54, 1.807) is 29.8 Å². The minimum atomic E-state index is -0.909. The lowest BCUT2D eigenvalue weighted by Gasteiger charge is -2.08. The van der Waals surface area contributed by atoms with Gasteiger partial charge in [-0.2, -0.15) is 0 Å². The first kappa shape index (κ1) is 12.6. The van der Waals surface area contributed by atoms with E-state index in [9.17, 15) is 4.79 Å². The second-order valence-electron chi connectivity index (χ2n) is 4.03. The van der Waals surface area contributed by atoms with E-state index >= 15 is 0 Å². The Morgan fingerprint density at radius 2 is 2.17 bits per heavy atom. The molecule has 0 unspecified atom stereocenters.